The normalized spacial score (nSPS) is 12.0. The minimum atomic E-state index is 0.294. The van der Waals surface area contributed by atoms with Crippen LogP contribution < -0.4 is 10.2 Å². The van der Waals surface area contributed by atoms with Crippen molar-refractivity contribution < 1.29 is 0 Å². The molecule has 1 N–H and O–H groups in total. The molecule has 0 aromatic heterocycles. The number of para-hydroxylation sites is 2. The summed E-state index contributed by atoms with van der Waals surface area (Å²) in [7, 11) is 4.14. The second-order valence-electron chi connectivity index (χ2n) is 5.13. The van der Waals surface area contributed by atoms with Crippen LogP contribution in [-0.4, -0.2) is 14.1 Å². The van der Waals surface area contributed by atoms with Crippen LogP contribution in [0.3, 0.4) is 0 Å². The molecule has 0 saturated carbocycles. The highest BCUT2D eigenvalue weighted by Crippen LogP contribution is 2.28. The SMILES string of the molecule is Cc1ccccc1C(C)Nc1ccccc1N(C)C. The van der Waals surface area contributed by atoms with Gasteiger partial charge in [0.1, 0.15) is 0 Å². The first kappa shape index (κ1) is 13.5. The lowest BCUT2D eigenvalue weighted by Gasteiger charge is -2.23. The fraction of sp³-hybridized carbons (Fsp3) is 0.294. The molecule has 19 heavy (non-hydrogen) atoms. The van der Waals surface area contributed by atoms with Crippen LogP contribution in [0.4, 0.5) is 11.4 Å². The summed E-state index contributed by atoms with van der Waals surface area (Å²) in [6.45, 7) is 4.36. The van der Waals surface area contributed by atoms with Crippen LogP contribution in [0.2, 0.25) is 0 Å². The quantitative estimate of drug-likeness (QED) is 0.878. The minimum Gasteiger partial charge on any atom is -0.377 e. The highest BCUT2D eigenvalue weighted by molar-refractivity contribution is 5.70. The zero-order valence-electron chi connectivity index (χ0n) is 12.1. The second-order valence-corrected chi connectivity index (χ2v) is 5.13. The van der Waals surface area contributed by atoms with Crippen molar-refractivity contribution in [3.63, 3.8) is 0 Å². The van der Waals surface area contributed by atoms with Gasteiger partial charge in [-0.25, -0.2) is 0 Å². The van der Waals surface area contributed by atoms with Gasteiger partial charge in [-0.15, -0.1) is 0 Å². The van der Waals surface area contributed by atoms with Crippen molar-refractivity contribution in [1.29, 1.82) is 0 Å². The summed E-state index contributed by atoms with van der Waals surface area (Å²) in [6.07, 6.45) is 0. The van der Waals surface area contributed by atoms with Gasteiger partial charge in [0, 0.05) is 20.1 Å². The van der Waals surface area contributed by atoms with Crippen molar-refractivity contribution in [3.8, 4) is 0 Å². The predicted octanol–water partition coefficient (Wildman–Crippen LogP) is 4.23. The molecule has 0 heterocycles. The van der Waals surface area contributed by atoms with Crippen molar-refractivity contribution >= 4 is 11.4 Å². The van der Waals surface area contributed by atoms with E-state index in [-0.39, 0.29) is 0 Å². The zero-order valence-corrected chi connectivity index (χ0v) is 12.1. The van der Waals surface area contributed by atoms with E-state index in [1.165, 1.54) is 22.5 Å². The molecule has 1 unspecified atom stereocenters. The molecule has 2 rings (SSSR count). The molecular formula is C17H22N2. The van der Waals surface area contributed by atoms with E-state index >= 15 is 0 Å². The Morgan fingerprint density at radius 3 is 2.26 bits per heavy atom. The van der Waals surface area contributed by atoms with Gasteiger partial charge in [-0.2, -0.15) is 0 Å². The standard InChI is InChI=1S/C17H22N2/c1-13-9-5-6-10-15(13)14(2)18-16-11-7-8-12-17(16)19(3)4/h5-12,14,18H,1-4H3. The van der Waals surface area contributed by atoms with Crippen molar-refractivity contribution in [2.45, 2.75) is 19.9 Å². The number of rotatable bonds is 4. The Morgan fingerprint density at radius 1 is 0.947 bits per heavy atom. The van der Waals surface area contributed by atoms with Crippen molar-refractivity contribution in [2.75, 3.05) is 24.3 Å². The number of nitrogens with zero attached hydrogens (tertiary/aromatic N) is 1. The maximum atomic E-state index is 3.61. The number of benzene rings is 2. The fourth-order valence-corrected chi connectivity index (χ4v) is 2.37. The molecular weight excluding hydrogens is 232 g/mol. The van der Waals surface area contributed by atoms with Gasteiger partial charge < -0.3 is 10.2 Å². The Hall–Kier alpha value is -1.96. The molecule has 100 valence electrons. The van der Waals surface area contributed by atoms with E-state index in [1.54, 1.807) is 0 Å². The van der Waals surface area contributed by atoms with Gasteiger partial charge in [0.15, 0.2) is 0 Å². The van der Waals surface area contributed by atoms with Crippen LogP contribution in [-0.2, 0) is 0 Å². The van der Waals surface area contributed by atoms with E-state index in [9.17, 15) is 0 Å². The smallest absolute Gasteiger partial charge is 0.0596 e. The van der Waals surface area contributed by atoms with Gasteiger partial charge in [0.05, 0.1) is 11.4 Å². The molecule has 2 aromatic rings. The molecule has 0 amide bonds. The molecule has 0 fully saturated rings. The summed E-state index contributed by atoms with van der Waals surface area (Å²) in [6, 6.07) is 17.2. The Labute approximate surface area is 116 Å². The number of anilines is 2. The molecule has 0 radical (unpaired) electrons. The summed E-state index contributed by atoms with van der Waals surface area (Å²) in [5, 5.41) is 3.61. The highest BCUT2D eigenvalue weighted by Gasteiger charge is 2.10. The number of hydrogen-bond acceptors (Lipinski definition) is 2. The number of nitrogens with one attached hydrogen (secondary N) is 1. The summed E-state index contributed by atoms with van der Waals surface area (Å²) >= 11 is 0. The molecule has 2 aromatic carbocycles. The van der Waals surface area contributed by atoms with E-state index < -0.39 is 0 Å². The molecule has 0 aliphatic carbocycles. The van der Waals surface area contributed by atoms with Crippen molar-refractivity contribution in [3.05, 3.63) is 59.7 Å². The average Bonchev–Trinajstić information content (AvgIpc) is 2.39. The van der Waals surface area contributed by atoms with Gasteiger partial charge >= 0.3 is 0 Å². The molecule has 2 heteroatoms. The van der Waals surface area contributed by atoms with E-state index in [0.717, 1.165) is 0 Å². The lowest BCUT2D eigenvalue weighted by molar-refractivity contribution is 0.872. The Morgan fingerprint density at radius 2 is 1.58 bits per heavy atom. The molecule has 0 bridgehead atoms. The van der Waals surface area contributed by atoms with Crippen LogP contribution in [0.5, 0.6) is 0 Å². The third-order valence-corrected chi connectivity index (χ3v) is 3.41. The Balaban J connectivity index is 2.24. The van der Waals surface area contributed by atoms with Crippen molar-refractivity contribution in [2.24, 2.45) is 0 Å². The van der Waals surface area contributed by atoms with Crippen LogP contribution in [0.25, 0.3) is 0 Å². The topological polar surface area (TPSA) is 15.3 Å². The number of aryl methyl sites for hydroxylation is 1. The summed E-state index contributed by atoms with van der Waals surface area (Å²) in [5.74, 6) is 0. The van der Waals surface area contributed by atoms with Gasteiger partial charge in [0.2, 0.25) is 0 Å². The number of hydrogen-bond donors (Lipinski definition) is 1. The summed E-state index contributed by atoms with van der Waals surface area (Å²) in [4.78, 5) is 2.13. The van der Waals surface area contributed by atoms with E-state index in [0.29, 0.717) is 6.04 Å². The zero-order chi connectivity index (χ0) is 13.8. The molecule has 0 aliphatic rings. The average molecular weight is 254 g/mol. The third kappa shape index (κ3) is 3.08. The predicted molar refractivity (Wildman–Crippen MR) is 84.0 cm³/mol. The van der Waals surface area contributed by atoms with E-state index in [1.807, 2.05) is 0 Å². The fourth-order valence-electron chi connectivity index (χ4n) is 2.37. The van der Waals surface area contributed by atoms with Crippen LogP contribution in [0.15, 0.2) is 48.5 Å². The maximum Gasteiger partial charge on any atom is 0.0596 e. The molecule has 0 aliphatic heterocycles. The first-order chi connectivity index (χ1) is 9.09. The molecule has 0 saturated heterocycles. The van der Waals surface area contributed by atoms with Gasteiger partial charge in [-0.1, -0.05) is 36.4 Å². The lowest BCUT2D eigenvalue weighted by Crippen LogP contribution is -2.14. The highest BCUT2D eigenvalue weighted by atomic mass is 15.1. The van der Waals surface area contributed by atoms with Gasteiger partial charge in [-0.3, -0.25) is 0 Å². The van der Waals surface area contributed by atoms with Gasteiger partial charge in [-0.05, 0) is 37.1 Å². The molecule has 2 nitrogen and oxygen atoms in total. The Bertz CT molecular complexity index is 546. The molecule has 1 atom stereocenters. The van der Waals surface area contributed by atoms with Crippen molar-refractivity contribution in [1.82, 2.24) is 0 Å². The van der Waals surface area contributed by atoms with Gasteiger partial charge in [0.25, 0.3) is 0 Å². The summed E-state index contributed by atoms with van der Waals surface area (Å²) in [5.41, 5.74) is 5.05. The first-order valence-corrected chi connectivity index (χ1v) is 6.68. The minimum absolute atomic E-state index is 0.294. The monoisotopic (exact) mass is 254 g/mol. The lowest BCUT2D eigenvalue weighted by atomic mass is 10.0. The largest absolute Gasteiger partial charge is 0.377 e. The second kappa shape index (κ2) is 5.79. The first-order valence-electron chi connectivity index (χ1n) is 6.68. The molecule has 0 spiro atoms. The summed E-state index contributed by atoms with van der Waals surface area (Å²) < 4.78 is 0. The van der Waals surface area contributed by atoms with Crippen LogP contribution >= 0.6 is 0 Å². The maximum absolute atomic E-state index is 3.61. The van der Waals surface area contributed by atoms with Crippen LogP contribution in [0, 0.1) is 6.92 Å². The Kier molecular flexibility index (Phi) is 4.10. The third-order valence-electron chi connectivity index (χ3n) is 3.41. The van der Waals surface area contributed by atoms with Crippen LogP contribution in [0.1, 0.15) is 24.1 Å². The van der Waals surface area contributed by atoms with E-state index in [4.69, 9.17) is 0 Å². The van der Waals surface area contributed by atoms with E-state index in [2.05, 4.69) is 86.7 Å².